The fourth-order valence-corrected chi connectivity index (χ4v) is 2.00. The summed E-state index contributed by atoms with van der Waals surface area (Å²) in [6.07, 6.45) is -0.514. The lowest BCUT2D eigenvalue weighted by molar-refractivity contribution is -0.144. The number of carboxylic acid groups (broad SMARTS) is 2. The zero-order valence-corrected chi connectivity index (χ0v) is 11.2. The van der Waals surface area contributed by atoms with Crippen LogP contribution in [0.15, 0.2) is 22.7 Å². The van der Waals surface area contributed by atoms with Crippen molar-refractivity contribution in [1.82, 2.24) is 0 Å². The summed E-state index contributed by atoms with van der Waals surface area (Å²) in [7, 11) is 0. The molecule has 0 aromatic heterocycles. The maximum Gasteiger partial charge on any atom is 0.313 e. The fraction of sp³-hybridized carbons (Fsp3) is 0.333. The van der Waals surface area contributed by atoms with Crippen LogP contribution in [0.25, 0.3) is 0 Å². The van der Waals surface area contributed by atoms with E-state index >= 15 is 0 Å². The highest BCUT2D eigenvalue weighted by molar-refractivity contribution is 9.10. The molecule has 1 unspecified atom stereocenters. The number of halogens is 2. The normalized spacial score (nSPS) is 13.9. The zero-order chi connectivity index (χ0) is 13.9. The molecule has 0 aliphatic rings. The van der Waals surface area contributed by atoms with E-state index in [1.807, 2.05) is 0 Å². The van der Waals surface area contributed by atoms with Crippen molar-refractivity contribution >= 4 is 27.9 Å². The zero-order valence-electron chi connectivity index (χ0n) is 9.61. The molecular weight excluding hydrogens is 307 g/mol. The minimum atomic E-state index is -1.56. The van der Waals surface area contributed by atoms with Crippen LogP contribution in [0.4, 0.5) is 4.39 Å². The molecular formula is C12H12BrFO4. The van der Waals surface area contributed by atoms with Gasteiger partial charge in [0.2, 0.25) is 0 Å². The lowest BCUT2D eigenvalue weighted by Crippen LogP contribution is -2.34. The van der Waals surface area contributed by atoms with Gasteiger partial charge in [0.1, 0.15) is 5.82 Å². The Morgan fingerprint density at radius 3 is 2.50 bits per heavy atom. The van der Waals surface area contributed by atoms with Crippen molar-refractivity contribution in [2.45, 2.75) is 25.2 Å². The summed E-state index contributed by atoms with van der Waals surface area (Å²) in [6, 6.07) is 3.98. The van der Waals surface area contributed by atoms with Crippen molar-refractivity contribution in [1.29, 1.82) is 0 Å². The highest BCUT2D eigenvalue weighted by Crippen LogP contribution is 2.33. The van der Waals surface area contributed by atoms with Crippen LogP contribution >= 0.6 is 15.9 Å². The SMILES string of the molecule is CC(CCC(=O)O)(C(=O)O)c1cc(Br)ccc1F. The van der Waals surface area contributed by atoms with Gasteiger partial charge >= 0.3 is 11.9 Å². The van der Waals surface area contributed by atoms with Gasteiger partial charge < -0.3 is 10.2 Å². The summed E-state index contributed by atoms with van der Waals surface area (Å²) in [5.41, 5.74) is -1.59. The predicted molar refractivity (Wildman–Crippen MR) is 66.0 cm³/mol. The summed E-state index contributed by atoms with van der Waals surface area (Å²) in [5, 5.41) is 17.9. The first-order valence-corrected chi connectivity index (χ1v) is 5.97. The van der Waals surface area contributed by atoms with Crippen molar-refractivity contribution in [3.05, 3.63) is 34.1 Å². The molecule has 1 aromatic carbocycles. The van der Waals surface area contributed by atoms with E-state index in [0.29, 0.717) is 4.47 Å². The molecule has 0 aliphatic heterocycles. The van der Waals surface area contributed by atoms with Crippen molar-refractivity contribution in [2.24, 2.45) is 0 Å². The molecule has 4 nitrogen and oxygen atoms in total. The van der Waals surface area contributed by atoms with Gasteiger partial charge in [0.15, 0.2) is 0 Å². The monoisotopic (exact) mass is 318 g/mol. The van der Waals surface area contributed by atoms with Crippen molar-refractivity contribution in [3.8, 4) is 0 Å². The van der Waals surface area contributed by atoms with Crippen molar-refractivity contribution in [3.63, 3.8) is 0 Å². The molecule has 0 radical (unpaired) electrons. The molecule has 18 heavy (non-hydrogen) atoms. The number of hydrogen-bond donors (Lipinski definition) is 2. The lowest BCUT2D eigenvalue weighted by atomic mass is 9.78. The third-order valence-corrected chi connectivity index (χ3v) is 3.33. The maximum atomic E-state index is 13.7. The lowest BCUT2D eigenvalue weighted by Gasteiger charge is -2.25. The minimum Gasteiger partial charge on any atom is -0.481 e. The highest BCUT2D eigenvalue weighted by atomic mass is 79.9. The number of aliphatic carboxylic acids is 2. The summed E-state index contributed by atoms with van der Waals surface area (Å²) in [4.78, 5) is 21.9. The second-order valence-electron chi connectivity index (χ2n) is 4.16. The van der Waals surface area contributed by atoms with Gasteiger partial charge in [-0.1, -0.05) is 15.9 Å². The number of benzene rings is 1. The molecule has 0 spiro atoms. The third kappa shape index (κ3) is 3.07. The topological polar surface area (TPSA) is 74.6 Å². The van der Waals surface area contributed by atoms with E-state index in [4.69, 9.17) is 5.11 Å². The molecule has 2 N–H and O–H groups in total. The largest absolute Gasteiger partial charge is 0.481 e. The number of rotatable bonds is 5. The Morgan fingerprint density at radius 1 is 1.39 bits per heavy atom. The molecule has 0 bridgehead atoms. The molecule has 6 heteroatoms. The molecule has 1 aromatic rings. The number of carboxylic acids is 2. The standard InChI is InChI=1S/C12H12BrFO4/c1-12(11(17)18,5-4-10(15)16)8-6-7(13)2-3-9(8)14/h2-3,6H,4-5H2,1H3,(H,15,16)(H,17,18). The first-order chi connectivity index (χ1) is 8.27. The Morgan fingerprint density at radius 2 is 2.00 bits per heavy atom. The van der Waals surface area contributed by atoms with Crippen LogP contribution in [-0.2, 0) is 15.0 Å². The number of carbonyl (C=O) groups is 2. The van der Waals surface area contributed by atoms with E-state index in [-0.39, 0.29) is 18.4 Å². The molecule has 0 saturated heterocycles. The van der Waals surface area contributed by atoms with E-state index in [9.17, 15) is 19.1 Å². The van der Waals surface area contributed by atoms with Gasteiger partial charge in [-0.2, -0.15) is 0 Å². The highest BCUT2D eigenvalue weighted by Gasteiger charge is 2.37. The Bertz CT molecular complexity index is 489. The molecule has 0 amide bonds. The second kappa shape index (κ2) is 5.48. The van der Waals surface area contributed by atoms with Crippen LogP contribution in [0.3, 0.4) is 0 Å². The van der Waals surface area contributed by atoms with E-state index in [0.717, 1.165) is 6.07 Å². The van der Waals surface area contributed by atoms with Crippen LogP contribution in [-0.4, -0.2) is 22.2 Å². The first-order valence-electron chi connectivity index (χ1n) is 5.18. The summed E-state index contributed by atoms with van der Waals surface area (Å²) < 4.78 is 14.3. The Balaban J connectivity index is 3.22. The van der Waals surface area contributed by atoms with E-state index in [1.54, 1.807) is 0 Å². The van der Waals surface area contributed by atoms with Gasteiger partial charge in [0.25, 0.3) is 0 Å². The van der Waals surface area contributed by atoms with Gasteiger partial charge in [-0.05, 0) is 31.5 Å². The molecule has 0 fully saturated rings. The van der Waals surface area contributed by atoms with Gasteiger partial charge in [-0.25, -0.2) is 4.39 Å². The Hall–Kier alpha value is -1.43. The number of hydrogen-bond acceptors (Lipinski definition) is 2. The van der Waals surface area contributed by atoms with Crippen molar-refractivity contribution < 1.29 is 24.2 Å². The van der Waals surface area contributed by atoms with Gasteiger partial charge in [-0.3, -0.25) is 9.59 Å². The second-order valence-corrected chi connectivity index (χ2v) is 5.07. The average molecular weight is 319 g/mol. The van der Waals surface area contributed by atoms with Crippen LogP contribution in [0.1, 0.15) is 25.3 Å². The van der Waals surface area contributed by atoms with Crippen LogP contribution in [0.2, 0.25) is 0 Å². The van der Waals surface area contributed by atoms with Gasteiger partial charge in [-0.15, -0.1) is 0 Å². The smallest absolute Gasteiger partial charge is 0.313 e. The van der Waals surface area contributed by atoms with Gasteiger partial charge in [0, 0.05) is 16.5 Å². The minimum absolute atomic E-state index is 0.0226. The quantitative estimate of drug-likeness (QED) is 0.875. The summed E-state index contributed by atoms with van der Waals surface area (Å²) >= 11 is 3.14. The Labute approximate surface area is 112 Å². The van der Waals surface area contributed by atoms with Gasteiger partial charge in [0.05, 0.1) is 5.41 Å². The van der Waals surface area contributed by atoms with Crippen molar-refractivity contribution in [2.75, 3.05) is 0 Å². The van der Waals surface area contributed by atoms with E-state index in [2.05, 4.69) is 15.9 Å². The Kier molecular flexibility index (Phi) is 4.45. The maximum absolute atomic E-state index is 13.7. The molecule has 1 atom stereocenters. The molecule has 98 valence electrons. The van der Waals surface area contributed by atoms with Crippen LogP contribution < -0.4 is 0 Å². The van der Waals surface area contributed by atoms with E-state index < -0.39 is 23.2 Å². The van der Waals surface area contributed by atoms with Crippen LogP contribution in [0.5, 0.6) is 0 Å². The van der Waals surface area contributed by atoms with E-state index in [1.165, 1.54) is 19.1 Å². The fourth-order valence-electron chi connectivity index (χ4n) is 1.63. The first kappa shape index (κ1) is 14.6. The molecule has 0 aliphatic carbocycles. The van der Waals surface area contributed by atoms with Crippen LogP contribution in [0, 0.1) is 5.82 Å². The summed E-state index contributed by atoms with van der Waals surface area (Å²) in [5.74, 6) is -3.02. The molecule has 0 heterocycles. The molecule has 1 rings (SSSR count). The third-order valence-electron chi connectivity index (χ3n) is 2.83. The predicted octanol–water partition coefficient (Wildman–Crippen LogP) is 2.80. The molecule has 0 saturated carbocycles. The summed E-state index contributed by atoms with van der Waals surface area (Å²) in [6.45, 7) is 1.32. The average Bonchev–Trinajstić information content (AvgIpc) is 2.29.